The fraction of sp³-hybridized carbons (Fsp3) is 0.312. The summed E-state index contributed by atoms with van der Waals surface area (Å²) >= 11 is 0. The predicted molar refractivity (Wildman–Crippen MR) is 88.7 cm³/mol. The van der Waals surface area contributed by atoms with Crippen LogP contribution in [-0.4, -0.2) is 23.5 Å². The molecule has 0 saturated carbocycles. The van der Waals surface area contributed by atoms with Crippen LogP contribution in [0, 0.1) is 0 Å². The van der Waals surface area contributed by atoms with Crippen molar-refractivity contribution in [3.8, 4) is 5.75 Å². The number of nitrogens with zero attached hydrogens (tertiary/aromatic N) is 2. The highest BCUT2D eigenvalue weighted by atomic mass is 35.5. The van der Waals surface area contributed by atoms with Gasteiger partial charge in [0.05, 0.1) is 7.11 Å². The second kappa shape index (κ2) is 8.49. The topological polar surface area (TPSA) is 51.4 Å². The summed E-state index contributed by atoms with van der Waals surface area (Å²) in [4.78, 5) is 6.49. The first-order valence-electron chi connectivity index (χ1n) is 6.77. The Labute approximate surface area is 132 Å². The molecule has 0 aliphatic carbocycles. The highest BCUT2D eigenvalue weighted by Gasteiger charge is 2.05. The van der Waals surface area contributed by atoms with E-state index >= 15 is 0 Å². The van der Waals surface area contributed by atoms with Crippen molar-refractivity contribution in [3.63, 3.8) is 0 Å². The van der Waals surface area contributed by atoms with Crippen LogP contribution < -0.4 is 10.5 Å². The minimum absolute atomic E-state index is 0. The van der Waals surface area contributed by atoms with Crippen LogP contribution in [0.25, 0.3) is 0 Å². The lowest BCUT2D eigenvalue weighted by Gasteiger charge is -2.20. The zero-order valence-electron chi connectivity index (χ0n) is 12.5. The largest absolute Gasteiger partial charge is 0.497 e. The van der Waals surface area contributed by atoms with Crippen molar-refractivity contribution < 1.29 is 4.74 Å². The highest BCUT2D eigenvalue weighted by molar-refractivity contribution is 5.85. The Morgan fingerprint density at radius 3 is 2.19 bits per heavy atom. The van der Waals surface area contributed by atoms with Crippen molar-refractivity contribution in [2.75, 3.05) is 19.4 Å². The van der Waals surface area contributed by atoms with Crippen molar-refractivity contribution in [3.05, 3.63) is 53.7 Å². The molecular formula is C16H22ClN3O. The summed E-state index contributed by atoms with van der Waals surface area (Å²) in [5.41, 5.74) is 8.05. The number of pyridine rings is 1. The average Bonchev–Trinajstić information content (AvgIpc) is 2.49. The second-order valence-electron chi connectivity index (χ2n) is 4.74. The van der Waals surface area contributed by atoms with E-state index in [0.717, 1.165) is 25.4 Å². The number of hydrogen-bond donors (Lipinski definition) is 1. The number of methoxy groups -OCH3 is 1. The molecule has 2 rings (SSSR count). The van der Waals surface area contributed by atoms with E-state index in [4.69, 9.17) is 10.5 Å². The lowest BCUT2D eigenvalue weighted by Crippen LogP contribution is -2.22. The van der Waals surface area contributed by atoms with Gasteiger partial charge in [-0.25, -0.2) is 4.98 Å². The van der Waals surface area contributed by atoms with E-state index in [1.54, 1.807) is 7.11 Å². The number of nitrogen functional groups attached to an aromatic ring is 1. The van der Waals surface area contributed by atoms with E-state index in [-0.39, 0.29) is 12.4 Å². The summed E-state index contributed by atoms with van der Waals surface area (Å²) in [6, 6.07) is 12.1. The van der Waals surface area contributed by atoms with Crippen molar-refractivity contribution in [1.29, 1.82) is 0 Å². The van der Waals surface area contributed by atoms with E-state index in [0.29, 0.717) is 5.82 Å². The van der Waals surface area contributed by atoms with Crippen LogP contribution in [0.3, 0.4) is 0 Å². The third kappa shape index (κ3) is 5.25. The molecule has 1 heterocycles. The van der Waals surface area contributed by atoms with Crippen molar-refractivity contribution in [2.45, 2.75) is 20.0 Å². The third-order valence-electron chi connectivity index (χ3n) is 3.27. The molecule has 0 aliphatic rings. The maximum absolute atomic E-state index is 5.60. The number of ether oxygens (including phenoxy) is 1. The standard InChI is InChI=1S/C16H21N3O.ClH/c1-3-19(12-14-6-9-16(17)18-10-14)11-13-4-7-15(20-2)8-5-13;/h4-10H,3,11-12H2,1-2H3,(H2,17,18);1H. The monoisotopic (exact) mass is 307 g/mol. The van der Waals surface area contributed by atoms with E-state index in [1.807, 2.05) is 30.5 Å². The van der Waals surface area contributed by atoms with Crippen LogP contribution in [0.5, 0.6) is 5.75 Å². The van der Waals surface area contributed by atoms with Gasteiger partial charge in [0.25, 0.3) is 0 Å². The molecule has 4 nitrogen and oxygen atoms in total. The van der Waals surface area contributed by atoms with Crippen LogP contribution in [0.15, 0.2) is 42.6 Å². The first kappa shape index (κ1) is 17.3. The summed E-state index contributed by atoms with van der Waals surface area (Å²) in [7, 11) is 1.68. The van der Waals surface area contributed by atoms with Gasteiger partial charge < -0.3 is 10.5 Å². The van der Waals surface area contributed by atoms with Gasteiger partial charge in [0.2, 0.25) is 0 Å². The predicted octanol–water partition coefficient (Wildman–Crippen LogP) is 3.12. The van der Waals surface area contributed by atoms with E-state index in [1.165, 1.54) is 11.1 Å². The van der Waals surface area contributed by atoms with Crippen LogP contribution in [0.4, 0.5) is 5.82 Å². The number of anilines is 1. The van der Waals surface area contributed by atoms with Crippen LogP contribution in [0.1, 0.15) is 18.1 Å². The fourth-order valence-corrected chi connectivity index (χ4v) is 2.06. The van der Waals surface area contributed by atoms with Crippen molar-refractivity contribution in [2.24, 2.45) is 0 Å². The van der Waals surface area contributed by atoms with Crippen molar-refractivity contribution >= 4 is 18.2 Å². The minimum Gasteiger partial charge on any atom is -0.497 e. The molecule has 0 amide bonds. The Balaban J connectivity index is 0.00000220. The van der Waals surface area contributed by atoms with Gasteiger partial charge in [0.1, 0.15) is 11.6 Å². The number of aromatic nitrogens is 1. The van der Waals surface area contributed by atoms with Gasteiger partial charge in [-0.05, 0) is 35.9 Å². The number of nitrogens with two attached hydrogens (primary N) is 1. The van der Waals surface area contributed by atoms with Gasteiger partial charge in [0.15, 0.2) is 0 Å². The molecule has 2 aromatic rings. The number of rotatable bonds is 6. The van der Waals surface area contributed by atoms with Gasteiger partial charge in [-0.15, -0.1) is 12.4 Å². The summed E-state index contributed by atoms with van der Waals surface area (Å²) in [5.74, 6) is 1.45. The van der Waals surface area contributed by atoms with Crippen molar-refractivity contribution in [1.82, 2.24) is 9.88 Å². The SMILES string of the molecule is CCN(Cc1ccc(OC)cc1)Cc1ccc(N)nc1.Cl. The molecule has 0 aliphatic heterocycles. The highest BCUT2D eigenvalue weighted by Crippen LogP contribution is 2.14. The molecule has 1 aromatic carbocycles. The zero-order chi connectivity index (χ0) is 14.4. The normalized spacial score (nSPS) is 10.2. The van der Waals surface area contributed by atoms with Gasteiger partial charge in [0, 0.05) is 19.3 Å². The van der Waals surface area contributed by atoms with E-state index in [9.17, 15) is 0 Å². The Morgan fingerprint density at radius 2 is 1.67 bits per heavy atom. The molecule has 5 heteroatoms. The van der Waals surface area contributed by atoms with Gasteiger partial charge in [-0.3, -0.25) is 4.90 Å². The molecule has 114 valence electrons. The quantitative estimate of drug-likeness (QED) is 0.891. The Hall–Kier alpha value is -1.78. The molecule has 0 unspecified atom stereocenters. The molecule has 0 atom stereocenters. The Kier molecular flexibility index (Phi) is 6.99. The Morgan fingerprint density at radius 1 is 1.05 bits per heavy atom. The summed E-state index contributed by atoms with van der Waals surface area (Å²) in [6.07, 6.45) is 1.84. The van der Waals surface area contributed by atoms with Crippen LogP contribution in [0.2, 0.25) is 0 Å². The first-order valence-corrected chi connectivity index (χ1v) is 6.77. The van der Waals surface area contributed by atoms with Crippen LogP contribution >= 0.6 is 12.4 Å². The lowest BCUT2D eigenvalue weighted by molar-refractivity contribution is 0.271. The van der Waals surface area contributed by atoms with E-state index in [2.05, 4.69) is 28.9 Å². The smallest absolute Gasteiger partial charge is 0.123 e. The van der Waals surface area contributed by atoms with E-state index < -0.39 is 0 Å². The summed E-state index contributed by atoms with van der Waals surface area (Å²) < 4.78 is 5.17. The second-order valence-corrected chi connectivity index (χ2v) is 4.74. The van der Waals surface area contributed by atoms with Gasteiger partial charge in [-0.2, -0.15) is 0 Å². The summed E-state index contributed by atoms with van der Waals surface area (Å²) in [6.45, 7) is 4.92. The average molecular weight is 308 g/mol. The maximum atomic E-state index is 5.60. The molecule has 0 radical (unpaired) electrons. The molecule has 21 heavy (non-hydrogen) atoms. The molecular weight excluding hydrogens is 286 g/mol. The number of benzene rings is 1. The molecule has 2 N–H and O–H groups in total. The molecule has 0 bridgehead atoms. The minimum atomic E-state index is 0. The van der Waals surface area contributed by atoms with Gasteiger partial charge >= 0.3 is 0 Å². The molecule has 0 saturated heterocycles. The lowest BCUT2D eigenvalue weighted by atomic mass is 10.2. The molecule has 0 spiro atoms. The maximum Gasteiger partial charge on any atom is 0.123 e. The number of hydrogen-bond acceptors (Lipinski definition) is 4. The first-order chi connectivity index (χ1) is 9.71. The van der Waals surface area contributed by atoms with Gasteiger partial charge in [-0.1, -0.05) is 25.1 Å². The molecule has 0 fully saturated rings. The third-order valence-corrected chi connectivity index (χ3v) is 3.27. The number of halogens is 1. The van der Waals surface area contributed by atoms with Crippen LogP contribution in [-0.2, 0) is 13.1 Å². The summed E-state index contributed by atoms with van der Waals surface area (Å²) in [5, 5.41) is 0. The fourth-order valence-electron chi connectivity index (χ4n) is 2.06. The zero-order valence-corrected chi connectivity index (χ0v) is 13.3. The molecule has 1 aromatic heterocycles. The Bertz CT molecular complexity index is 528.